The average Bonchev–Trinajstić information content (AvgIpc) is 4.07. The predicted molar refractivity (Wildman–Crippen MR) is 225 cm³/mol. The van der Waals surface area contributed by atoms with Crippen molar-refractivity contribution in [3.8, 4) is 22.5 Å². The van der Waals surface area contributed by atoms with E-state index in [1.54, 1.807) is 30.9 Å². The molecule has 2 aliphatic rings. The van der Waals surface area contributed by atoms with Gasteiger partial charge in [0.25, 0.3) is 11.8 Å². The summed E-state index contributed by atoms with van der Waals surface area (Å²) in [5.74, 6) is 0.792. The number of pyridine rings is 3. The van der Waals surface area contributed by atoms with E-state index in [1.165, 1.54) is 6.20 Å². The number of aromatic nitrogens is 7. The minimum Gasteiger partial charge on any atom is -0.357 e. The van der Waals surface area contributed by atoms with Gasteiger partial charge in [0.15, 0.2) is 11.4 Å². The zero-order chi connectivity index (χ0) is 40.4. The minimum atomic E-state index is -3.26. The molecule has 10 rings (SSSR count). The van der Waals surface area contributed by atoms with Gasteiger partial charge in [-0.25, -0.2) is 27.3 Å². The van der Waals surface area contributed by atoms with Crippen LogP contribution in [0.4, 0.5) is 0 Å². The number of carbonyl (C=O) groups is 2. The van der Waals surface area contributed by atoms with Crippen molar-refractivity contribution >= 4 is 70.9 Å². The second-order valence-electron chi connectivity index (χ2n) is 14.2. The largest absolute Gasteiger partial charge is 0.357 e. The van der Waals surface area contributed by atoms with Gasteiger partial charge in [0.05, 0.1) is 23.6 Å². The third-order valence-electron chi connectivity index (χ3n) is 10.2. The molecule has 0 saturated carbocycles. The normalized spacial score (nSPS) is 13.9. The number of H-pyrrole nitrogens is 2. The van der Waals surface area contributed by atoms with Gasteiger partial charge in [0, 0.05) is 122 Å². The number of rotatable bonds is 5. The molecule has 9 heterocycles. The fourth-order valence-corrected chi connectivity index (χ4v) is 8.35. The van der Waals surface area contributed by atoms with Gasteiger partial charge in [-0.1, -0.05) is 12.1 Å². The number of benzene rings is 1. The smallest absolute Gasteiger partial charge is 0.255 e. The summed E-state index contributed by atoms with van der Waals surface area (Å²) in [5.41, 5.74) is 7.07. The Hall–Kier alpha value is -5.03. The van der Waals surface area contributed by atoms with Crippen LogP contribution in [0.25, 0.3) is 55.6 Å². The van der Waals surface area contributed by atoms with Crippen LogP contribution in [0.15, 0.2) is 101 Å². The number of fused-ring (bicyclic) bond motifs is 3. The topological polar surface area (TPSA) is 176 Å². The average molecular weight is 951 g/mol. The quantitative estimate of drug-likeness (QED) is 0.164. The zero-order valence-electron chi connectivity index (χ0n) is 32.4. The summed E-state index contributed by atoms with van der Waals surface area (Å²) >= 11 is 3.27. The molecule has 8 aromatic rings. The van der Waals surface area contributed by atoms with Gasteiger partial charge in [-0.3, -0.25) is 9.59 Å². The molecule has 17 heteroatoms. The summed E-state index contributed by atoms with van der Waals surface area (Å²) < 4.78 is 30.2. The summed E-state index contributed by atoms with van der Waals surface area (Å²) in [5, 5.41) is 6.66. The number of amides is 2. The van der Waals surface area contributed by atoms with Crippen molar-refractivity contribution < 1.29 is 55.2 Å². The Morgan fingerprint density at radius 2 is 1.47 bits per heavy atom. The molecule has 0 spiro atoms. The summed E-state index contributed by atoms with van der Waals surface area (Å²) in [6.07, 6.45) is 17.3. The van der Waals surface area contributed by atoms with Crippen LogP contribution in [-0.2, 0) is 42.7 Å². The van der Waals surface area contributed by atoms with Crippen molar-refractivity contribution in [1.29, 1.82) is 0 Å². The summed E-state index contributed by atoms with van der Waals surface area (Å²) in [7, 11) is -3.26. The van der Waals surface area contributed by atoms with E-state index in [1.807, 2.05) is 71.6 Å². The Labute approximate surface area is 373 Å². The van der Waals surface area contributed by atoms with E-state index in [4.69, 9.17) is 4.52 Å². The summed E-state index contributed by atoms with van der Waals surface area (Å²) in [6, 6.07) is 18.3. The van der Waals surface area contributed by atoms with E-state index < -0.39 is 10.0 Å². The molecular formula is C42H39BrN9O5SY-. The summed E-state index contributed by atoms with van der Waals surface area (Å²) in [6.45, 7) is 5.39. The first kappa shape index (κ1) is 42.1. The molecule has 2 saturated heterocycles. The van der Waals surface area contributed by atoms with Crippen molar-refractivity contribution in [2.75, 3.05) is 32.4 Å². The standard InChI is InChI=1S/C22H19N4O2.C12H13N3O.C8H7BrN2O2S.Y/c1-14-6-2-3-7-16(14)19-13-25-28-20(19)18-12-24-21-17(18)10-15(11-23-21)22(27)26-8-4-5-9-26;16-12(15-5-1-2-6-15)10-7-9-3-4-13-11(9)14-8-10;1-14(12,13)11-3-2-6-4-7(9)5-10-8(6)11;/h2-3,7,10-13H,4-5,8-9H2,1H3,(H,23,24);3-4,7-8H,1-2,5-6H2,(H,13,14);2-5H,1H3;/q-1;;;. The number of halogens is 1. The Morgan fingerprint density at radius 1 is 0.797 bits per heavy atom. The van der Waals surface area contributed by atoms with Crippen LogP contribution < -0.4 is 0 Å². The molecule has 2 N–H and O–H groups in total. The van der Waals surface area contributed by atoms with Crippen LogP contribution in [0.5, 0.6) is 0 Å². The number of hydrogen-bond acceptors (Lipinski definition) is 9. The number of nitrogens with one attached hydrogen (secondary N) is 2. The minimum absolute atomic E-state index is 0. The Bertz CT molecular complexity index is 2890. The molecule has 0 atom stereocenters. The van der Waals surface area contributed by atoms with E-state index in [-0.39, 0.29) is 44.5 Å². The molecule has 59 heavy (non-hydrogen) atoms. The van der Waals surface area contributed by atoms with Gasteiger partial charge in [-0.2, -0.15) is 29.8 Å². The van der Waals surface area contributed by atoms with Crippen molar-refractivity contribution in [3.63, 3.8) is 0 Å². The molecular weight excluding hydrogens is 911 g/mol. The van der Waals surface area contributed by atoms with Crippen molar-refractivity contribution in [2.24, 2.45) is 0 Å². The fraction of sp³-hybridized carbons (Fsp3) is 0.238. The monoisotopic (exact) mass is 949 g/mol. The molecule has 0 bridgehead atoms. The maximum atomic E-state index is 12.8. The molecule has 7 aromatic heterocycles. The Morgan fingerprint density at radius 3 is 2.15 bits per heavy atom. The van der Waals surface area contributed by atoms with Gasteiger partial charge in [-0.15, -0.1) is 5.56 Å². The van der Waals surface area contributed by atoms with Gasteiger partial charge in [0.2, 0.25) is 10.0 Å². The first-order valence-electron chi connectivity index (χ1n) is 18.8. The predicted octanol–water partition coefficient (Wildman–Crippen LogP) is 7.63. The third-order valence-corrected chi connectivity index (χ3v) is 11.6. The third kappa shape index (κ3) is 9.10. The molecule has 0 aliphatic carbocycles. The number of aromatic amines is 2. The van der Waals surface area contributed by atoms with Crippen LogP contribution in [0.2, 0.25) is 0 Å². The van der Waals surface area contributed by atoms with Crippen LogP contribution in [0.1, 0.15) is 52.0 Å². The first-order valence-corrected chi connectivity index (χ1v) is 21.4. The molecule has 0 unspecified atom stereocenters. The molecule has 2 fully saturated rings. The Kier molecular flexibility index (Phi) is 12.9. The van der Waals surface area contributed by atoms with Crippen LogP contribution in [-0.4, -0.2) is 96.5 Å². The van der Waals surface area contributed by atoms with Crippen molar-refractivity contribution in [3.05, 3.63) is 119 Å². The molecule has 1 radical (unpaired) electrons. The van der Waals surface area contributed by atoms with Crippen molar-refractivity contribution in [2.45, 2.75) is 32.6 Å². The molecule has 2 amide bonds. The second kappa shape index (κ2) is 18.1. The first-order chi connectivity index (χ1) is 28.0. The number of aryl methyl sites for hydroxylation is 1. The summed E-state index contributed by atoms with van der Waals surface area (Å²) in [4.78, 5) is 47.6. The van der Waals surface area contributed by atoms with Crippen LogP contribution in [0, 0.1) is 13.0 Å². The number of carbonyl (C=O) groups excluding carboxylic acids is 2. The van der Waals surface area contributed by atoms with E-state index in [2.05, 4.69) is 52.1 Å². The van der Waals surface area contributed by atoms with Gasteiger partial charge in [-0.05, 0) is 77.5 Å². The SMILES string of the molecule is CS(=O)(=O)n1ccc2cc(Br)cnc21.Cc1[c-]cccc1-c1cnoc1-c1c[nH]c2ncc(C(=O)N3CCCC3)cc12.O=C(c1cnc2[nH]ccc2c1)N1CCCC1.[Y]. The molecule has 14 nitrogen and oxygen atoms in total. The van der Waals surface area contributed by atoms with Gasteiger partial charge >= 0.3 is 0 Å². The van der Waals surface area contributed by atoms with Gasteiger partial charge in [0.1, 0.15) is 11.3 Å². The molecule has 299 valence electrons. The molecule has 1 aromatic carbocycles. The number of nitrogens with zero attached hydrogens (tertiary/aromatic N) is 7. The van der Waals surface area contributed by atoms with E-state index in [0.29, 0.717) is 28.2 Å². The molecule has 2 aliphatic heterocycles. The zero-order valence-corrected chi connectivity index (χ0v) is 37.6. The maximum Gasteiger partial charge on any atom is 0.255 e. The number of likely N-dealkylation sites (tertiary alicyclic amines) is 2. The van der Waals surface area contributed by atoms with E-state index in [0.717, 1.165) is 111 Å². The van der Waals surface area contributed by atoms with Crippen molar-refractivity contribution in [1.82, 2.24) is 43.8 Å². The van der Waals surface area contributed by atoms with E-state index in [9.17, 15) is 18.0 Å². The van der Waals surface area contributed by atoms with Crippen LogP contribution >= 0.6 is 15.9 Å². The van der Waals surface area contributed by atoms with Crippen LogP contribution in [0.3, 0.4) is 0 Å². The fourth-order valence-electron chi connectivity index (χ4n) is 7.25. The van der Waals surface area contributed by atoms with E-state index >= 15 is 0 Å². The number of hydrogen-bond donors (Lipinski definition) is 2. The second-order valence-corrected chi connectivity index (χ2v) is 17.0. The van der Waals surface area contributed by atoms with Gasteiger partial charge < -0.3 is 24.3 Å². The Balaban J connectivity index is 0.000000145. The maximum absolute atomic E-state index is 12.8.